The molecule has 0 spiro atoms. The van der Waals surface area contributed by atoms with E-state index in [-0.39, 0.29) is 0 Å². The van der Waals surface area contributed by atoms with E-state index in [1.165, 1.54) is 51.4 Å². The molecule has 0 radical (unpaired) electrons. The van der Waals surface area contributed by atoms with Crippen LogP contribution in [0.2, 0.25) is 0 Å². The minimum atomic E-state index is 0.773. The molecule has 1 aromatic heterocycles. The van der Waals surface area contributed by atoms with Crippen molar-refractivity contribution < 1.29 is 0 Å². The first kappa shape index (κ1) is 14.1. The van der Waals surface area contributed by atoms with Crippen LogP contribution in [-0.2, 0) is 6.42 Å². The Morgan fingerprint density at radius 1 is 1.33 bits per heavy atom. The van der Waals surface area contributed by atoms with Gasteiger partial charge in [-0.05, 0) is 56.0 Å². The molecule has 0 bridgehead atoms. The molecule has 1 aliphatic carbocycles. The smallest absolute Gasteiger partial charge is 0.00953 e. The molecule has 1 N–H and O–H groups in total. The molecule has 0 aromatic carbocycles. The molecule has 1 nitrogen and oxygen atoms in total. The summed E-state index contributed by atoms with van der Waals surface area (Å²) in [4.78, 5) is 1.55. The third-order valence-electron chi connectivity index (χ3n) is 4.20. The normalized spacial score (nSPS) is 18.9. The Bertz CT molecular complexity index is 301. The summed E-state index contributed by atoms with van der Waals surface area (Å²) in [5.41, 5.74) is 0. The summed E-state index contributed by atoms with van der Waals surface area (Å²) in [7, 11) is 0. The maximum Gasteiger partial charge on any atom is 0.00953 e. The van der Waals surface area contributed by atoms with Crippen molar-refractivity contribution in [2.24, 2.45) is 5.92 Å². The highest BCUT2D eigenvalue weighted by Crippen LogP contribution is 2.28. The van der Waals surface area contributed by atoms with Crippen LogP contribution in [0.4, 0.5) is 0 Å². The lowest BCUT2D eigenvalue weighted by Crippen LogP contribution is -2.37. The Labute approximate surface area is 116 Å². The van der Waals surface area contributed by atoms with Crippen molar-refractivity contribution in [3.8, 4) is 0 Å². The first-order chi connectivity index (χ1) is 8.90. The summed E-state index contributed by atoms with van der Waals surface area (Å²) in [5, 5.41) is 5.93. The summed E-state index contributed by atoms with van der Waals surface area (Å²) in [6, 6.07) is 5.21. The molecule has 1 aliphatic rings. The molecule has 2 rings (SSSR count). The number of thiophene rings is 1. The van der Waals surface area contributed by atoms with E-state index < -0.39 is 0 Å². The first-order valence-electron chi connectivity index (χ1n) is 7.66. The van der Waals surface area contributed by atoms with Crippen molar-refractivity contribution in [2.45, 2.75) is 64.3 Å². The molecule has 1 atom stereocenters. The van der Waals surface area contributed by atoms with E-state index in [0.717, 1.165) is 18.5 Å². The highest BCUT2D eigenvalue weighted by Gasteiger charge is 2.22. The summed E-state index contributed by atoms with van der Waals surface area (Å²) in [6.45, 7) is 3.37. The Morgan fingerprint density at radius 3 is 2.83 bits per heavy atom. The van der Waals surface area contributed by atoms with Crippen LogP contribution >= 0.6 is 11.3 Å². The summed E-state index contributed by atoms with van der Waals surface area (Å²) in [5.74, 6) is 0.946. The standard InChI is InChI=1S/C16H27NS/c1-2-17-16(14-8-4-3-5-9-14)12-6-10-15-11-7-13-18-15/h7,11,13-14,16-17H,2-6,8-10,12H2,1H3. The molecule has 0 amide bonds. The van der Waals surface area contributed by atoms with Gasteiger partial charge in [0, 0.05) is 10.9 Å². The fourth-order valence-electron chi connectivity index (χ4n) is 3.25. The van der Waals surface area contributed by atoms with E-state index >= 15 is 0 Å². The van der Waals surface area contributed by atoms with Crippen molar-refractivity contribution in [1.29, 1.82) is 0 Å². The molecule has 1 unspecified atom stereocenters. The van der Waals surface area contributed by atoms with Crippen LogP contribution in [0.15, 0.2) is 17.5 Å². The second-order valence-corrected chi connectivity index (χ2v) is 6.57. The SMILES string of the molecule is CCNC(CCCc1cccs1)C1CCCCC1. The van der Waals surface area contributed by atoms with E-state index in [1.54, 1.807) is 4.88 Å². The molecule has 1 fully saturated rings. The number of nitrogens with one attached hydrogen (secondary N) is 1. The Kier molecular flexibility index (Phi) is 6.22. The fourth-order valence-corrected chi connectivity index (χ4v) is 4.01. The second kappa shape index (κ2) is 7.96. The summed E-state index contributed by atoms with van der Waals surface area (Å²) in [6.07, 6.45) is 11.3. The van der Waals surface area contributed by atoms with Gasteiger partial charge in [-0.15, -0.1) is 11.3 Å². The van der Waals surface area contributed by atoms with Crippen molar-refractivity contribution in [1.82, 2.24) is 5.32 Å². The summed E-state index contributed by atoms with van der Waals surface area (Å²) < 4.78 is 0. The lowest BCUT2D eigenvalue weighted by Gasteiger charge is -2.31. The van der Waals surface area contributed by atoms with E-state index in [2.05, 4.69) is 29.8 Å². The number of hydrogen-bond donors (Lipinski definition) is 1. The molecule has 0 aliphatic heterocycles. The van der Waals surface area contributed by atoms with Crippen molar-refractivity contribution in [3.63, 3.8) is 0 Å². The molecular weight excluding hydrogens is 238 g/mol. The third-order valence-corrected chi connectivity index (χ3v) is 5.14. The van der Waals surface area contributed by atoms with Gasteiger partial charge in [0.2, 0.25) is 0 Å². The Hall–Kier alpha value is -0.340. The maximum atomic E-state index is 3.74. The molecule has 1 heterocycles. The van der Waals surface area contributed by atoms with Gasteiger partial charge in [-0.3, -0.25) is 0 Å². The molecule has 1 saturated carbocycles. The molecule has 1 aromatic rings. The molecule has 18 heavy (non-hydrogen) atoms. The van der Waals surface area contributed by atoms with E-state index in [1.807, 2.05) is 11.3 Å². The van der Waals surface area contributed by atoms with E-state index in [0.29, 0.717) is 0 Å². The zero-order valence-corrected chi connectivity index (χ0v) is 12.5. The summed E-state index contributed by atoms with van der Waals surface area (Å²) >= 11 is 1.90. The van der Waals surface area contributed by atoms with E-state index in [4.69, 9.17) is 0 Å². The van der Waals surface area contributed by atoms with Crippen LogP contribution in [0, 0.1) is 5.92 Å². The van der Waals surface area contributed by atoms with Gasteiger partial charge in [0.05, 0.1) is 0 Å². The lowest BCUT2D eigenvalue weighted by atomic mass is 9.82. The molecule has 2 heteroatoms. The van der Waals surface area contributed by atoms with Gasteiger partial charge in [-0.1, -0.05) is 32.3 Å². The number of rotatable bonds is 7. The van der Waals surface area contributed by atoms with Gasteiger partial charge in [0.25, 0.3) is 0 Å². The predicted molar refractivity (Wildman–Crippen MR) is 81.3 cm³/mol. The highest BCUT2D eigenvalue weighted by atomic mass is 32.1. The van der Waals surface area contributed by atoms with Gasteiger partial charge in [0.1, 0.15) is 0 Å². The zero-order valence-electron chi connectivity index (χ0n) is 11.7. The molecular formula is C16H27NS. The average molecular weight is 265 g/mol. The Balaban J connectivity index is 1.74. The quantitative estimate of drug-likeness (QED) is 0.758. The third kappa shape index (κ3) is 4.40. The maximum absolute atomic E-state index is 3.74. The second-order valence-electron chi connectivity index (χ2n) is 5.53. The fraction of sp³-hybridized carbons (Fsp3) is 0.750. The number of aryl methyl sites for hydroxylation is 1. The minimum Gasteiger partial charge on any atom is -0.314 e. The first-order valence-corrected chi connectivity index (χ1v) is 8.54. The van der Waals surface area contributed by atoms with E-state index in [9.17, 15) is 0 Å². The molecule has 102 valence electrons. The van der Waals surface area contributed by atoms with Gasteiger partial charge in [-0.2, -0.15) is 0 Å². The van der Waals surface area contributed by atoms with Gasteiger partial charge < -0.3 is 5.32 Å². The minimum absolute atomic E-state index is 0.773. The zero-order chi connectivity index (χ0) is 12.6. The predicted octanol–water partition coefficient (Wildman–Crippen LogP) is 4.63. The van der Waals surface area contributed by atoms with Gasteiger partial charge >= 0.3 is 0 Å². The van der Waals surface area contributed by atoms with Crippen molar-refractivity contribution in [3.05, 3.63) is 22.4 Å². The van der Waals surface area contributed by atoms with Crippen LogP contribution in [-0.4, -0.2) is 12.6 Å². The van der Waals surface area contributed by atoms with Gasteiger partial charge in [0.15, 0.2) is 0 Å². The average Bonchev–Trinajstić information content (AvgIpc) is 2.92. The van der Waals surface area contributed by atoms with Crippen molar-refractivity contribution in [2.75, 3.05) is 6.54 Å². The highest BCUT2D eigenvalue weighted by molar-refractivity contribution is 7.09. The largest absolute Gasteiger partial charge is 0.314 e. The van der Waals surface area contributed by atoms with Crippen LogP contribution in [0.25, 0.3) is 0 Å². The monoisotopic (exact) mass is 265 g/mol. The van der Waals surface area contributed by atoms with Gasteiger partial charge in [-0.25, -0.2) is 0 Å². The van der Waals surface area contributed by atoms with Crippen LogP contribution in [0.1, 0.15) is 56.7 Å². The topological polar surface area (TPSA) is 12.0 Å². The van der Waals surface area contributed by atoms with Crippen molar-refractivity contribution >= 4 is 11.3 Å². The molecule has 0 saturated heterocycles. The Morgan fingerprint density at radius 2 is 2.17 bits per heavy atom. The lowest BCUT2D eigenvalue weighted by molar-refractivity contribution is 0.258. The number of hydrogen-bond acceptors (Lipinski definition) is 2. The van der Waals surface area contributed by atoms with Crippen LogP contribution in [0.5, 0.6) is 0 Å². The van der Waals surface area contributed by atoms with Crippen LogP contribution < -0.4 is 5.32 Å². The van der Waals surface area contributed by atoms with Crippen LogP contribution in [0.3, 0.4) is 0 Å².